The lowest BCUT2D eigenvalue weighted by Gasteiger charge is -1.99. The Balaban J connectivity index is 3.64. The van der Waals surface area contributed by atoms with Crippen molar-refractivity contribution in [2.45, 2.75) is 13.8 Å². The fourth-order valence-electron chi connectivity index (χ4n) is 0.263. The quantitative estimate of drug-likeness (QED) is 0.606. The zero-order valence-corrected chi connectivity index (χ0v) is 8.31. The maximum atomic E-state index is 5.10. The summed E-state index contributed by atoms with van der Waals surface area (Å²) < 4.78 is 0. The van der Waals surface area contributed by atoms with Gasteiger partial charge < -0.3 is 0 Å². The summed E-state index contributed by atoms with van der Waals surface area (Å²) in [6.07, 6.45) is 0. The Hall–Kier alpha value is 1.14. The van der Waals surface area contributed by atoms with Gasteiger partial charge in [-0.25, -0.2) is 0 Å². The van der Waals surface area contributed by atoms with E-state index in [0.29, 0.717) is 0 Å². The van der Waals surface area contributed by atoms with Gasteiger partial charge in [0.05, 0.1) is 0 Å². The van der Waals surface area contributed by atoms with E-state index in [1.807, 2.05) is 0 Å². The normalized spacial score (nSPS) is 17.8. The van der Waals surface area contributed by atoms with Gasteiger partial charge in [-0.1, -0.05) is 30.8 Å². The van der Waals surface area contributed by atoms with E-state index in [1.54, 1.807) is 0 Å². The Morgan fingerprint density at radius 2 is 1.25 bits per heavy atom. The smallest absolute Gasteiger partial charge is 0.00513 e. The topological polar surface area (TPSA) is 0 Å². The molecule has 50 valence electrons. The van der Waals surface area contributed by atoms with E-state index in [0.717, 1.165) is 11.5 Å². The van der Waals surface area contributed by atoms with Crippen LogP contribution in [0.1, 0.15) is 13.8 Å². The summed E-state index contributed by atoms with van der Waals surface area (Å²) in [5, 5.41) is 0. The van der Waals surface area contributed by atoms with Crippen LogP contribution >= 0.6 is 0 Å². The van der Waals surface area contributed by atoms with Crippen LogP contribution in [-0.2, 0) is 39.3 Å². The van der Waals surface area contributed by atoms with Crippen molar-refractivity contribution in [3.8, 4) is 0 Å². The zero-order chi connectivity index (χ0) is 6.57. The standard InChI is InChI=1S/C4H10S4/c1-3-7(5)8(6)4-2/h3-4H2,1-2H3. The molecule has 0 radical (unpaired) electrons. The Morgan fingerprint density at radius 1 is 1.00 bits per heavy atom. The van der Waals surface area contributed by atoms with E-state index in [1.165, 1.54) is 0 Å². The van der Waals surface area contributed by atoms with E-state index >= 15 is 0 Å². The molecule has 0 N–H and O–H groups in total. The first-order valence-corrected chi connectivity index (χ1v) is 7.65. The average Bonchev–Trinajstić information content (AvgIpc) is 1.84. The van der Waals surface area contributed by atoms with Crippen molar-refractivity contribution in [1.29, 1.82) is 0 Å². The fourth-order valence-corrected chi connectivity index (χ4v) is 4.10. The number of hydrogen-bond acceptors (Lipinski definition) is 2. The molecule has 0 heterocycles. The molecular weight excluding hydrogens is 176 g/mol. The molecular formula is C4H10S4. The van der Waals surface area contributed by atoms with Gasteiger partial charge in [0.15, 0.2) is 0 Å². The zero-order valence-electron chi connectivity index (χ0n) is 5.05. The van der Waals surface area contributed by atoms with Crippen LogP contribution in [0.15, 0.2) is 0 Å². The first-order valence-electron chi connectivity index (χ1n) is 2.49. The Bertz CT molecular complexity index is 92.6. The maximum Gasteiger partial charge on any atom is 0.00513 e. The van der Waals surface area contributed by atoms with Crippen LogP contribution in [0.3, 0.4) is 0 Å². The van der Waals surface area contributed by atoms with Gasteiger partial charge in [-0.05, 0) is 22.4 Å². The van der Waals surface area contributed by atoms with Crippen molar-refractivity contribution in [2.24, 2.45) is 0 Å². The highest BCUT2D eigenvalue weighted by molar-refractivity contribution is 8.87. The minimum absolute atomic E-state index is 0.104. The average molecular weight is 186 g/mol. The molecule has 0 aliphatic carbocycles. The molecule has 0 spiro atoms. The molecule has 0 amide bonds. The molecule has 0 aromatic rings. The molecule has 0 aliphatic heterocycles. The molecule has 0 aliphatic rings. The van der Waals surface area contributed by atoms with Crippen LogP contribution in [0.2, 0.25) is 0 Å². The van der Waals surface area contributed by atoms with Gasteiger partial charge in [-0.3, -0.25) is 0 Å². The van der Waals surface area contributed by atoms with Crippen LogP contribution in [0.4, 0.5) is 0 Å². The molecule has 0 fully saturated rings. The van der Waals surface area contributed by atoms with Crippen molar-refractivity contribution in [3.05, 3.63) is 0 Å². The molecule has 0 nitrogen and oxygen atoms in total. The van der Waals surface area contributed by atoms with E-state index in [9.17, 15) is 0 Å². The molecule has 0 saturated carbocycles. The lowest BCUT2D eigenvalue weighted by molar-refractivity contribution is 1.52. The second-order valence-electron chi connectivity index (χ2n) is 1.18. The molecule has 8 heavy (non-hydrogen) atoms. The van der Waals surface area contributed by atoms with Crippen LogP contribution in [0.25, 0.3) is 0 Å². The lowest BCUT2D eigenvalue weighted by Crippen LogP contribution is -2.00. The number of hydrogen-bond donors (Lipinski definition) is 0. The van der Waals surface area contributed by atoms with E-state index in [-0.39, 0.29) is 17.0 Å². The van der Waals surface area contributed by atoms with Gasteiger partial charge in [0, 0.05) is 11.5 Å². The lowest BCUT2D eigenvalue weighted by atomic mass is 11.0. The summed E-state index contributed by atoms with van der Waals surface area (Å²) in [7, 11) is 0.208. The molecule has 0 saturated heterocycles. The van der Waals surface area contributed by atoms with Gasteiger partial charge in [0.2, 0.25) is 0 Å². The minimum atomic E-state index is 0.104. The monoisotopic (exact) mass is 186 g/mol. The summed E-state index contributed by atoms with van der Waals surface area (Å²) in [4.78, 5) is 0. The maximum absolute atomic E-state index is 5.10. The third-order valence-corrected chi connectivity index (χ3v) is 9.84. The predicted octanol–water partition coefficient (Wildman–Crippen LogP) is 1.10. The van der Waals surface area contributed by atoms with Gasteiger partial charge in [0.25, 0.3) is 0 Å². The van der Waals surface area contributed by atoms with E-state index < -0.39 is 0 Å². The SMILES string of the molecule is CCS(=S)S(=S)CC. The van der Waals surface area contributed by atoms with Crippen molar-refractivity contribution < 1.29 is 0 Å². The highest BCUT2D eigenvalue weighted by Gasteiger charge is 1.92. The van der Waals surface area contributed by atoms with Gasteiger partial charge in [0.1, 0.15) is 0 Å². The number of rotatable bonds is 3. The van der Waals surface area contributed by atoms with Crippen LogP contribution in [0.5, 0.6) is 0 Å². The second kappa shape index (κ2) is 4.97. The van der Waals surface area contributed by atoms with Gasteiger partial charge in [-0.15, -0.1) is 0 Å². The Morgan fingerprint density at radius 3 is 1.38 bits per heavy atom. The Labute approximate surface area is 64.6 Å². The molecule has 0 aromatic heterocycles. The van der Waals surface area contributed by atoms with Crippen molar-refractivity contribution in [3.63, 3.8) is 0 Å². The third kappa shape index (κ3) is 3.22. The van der Waals surface area contributed by atoms with Crippen LogP contribution in [-0.4, -0.2) is 11.5 Å². The second-order valence-corrected chi connectivity index (χ2v) is 9.65. The largest absolute Gasteiger partial charge is 0.0596 e. The van der Waals surface area contributed by atoms with Gasteiger partial charge >= 0.3 is 0 Å². The molecule has 2 atom stereocenters. The predicted molar refractivity (Wildman–Crippen MR) is 50.5 cm³/mol. The van der Waals surface area contributed by atoms with Crippen molar-refractivity contribution >= 4 is 39.3 Å². The summed E-state index contributed by atoms with van der Waals surface area (Å²) in [5.74, 6) is 2.16. The molecule has 2 unspecified atom stereocenters. The van der Waals surface area contributed by atoms with Crippen molar-refractivity contribution in [2.75, 3.05) is 11.5 Å². The minimum Gasteiger partial charge on any atom is -0.0596 e. The molecule has 0 aromatic carbocycles. The van der Waals surface area contributed by atoms with Crippen molar-refractivity contribution in [1.82, 2.24) is 0 Å². The summed E-state index contributed by atoms with van der Waals surface area (Å²) in [6.45, 7) is 4.22. The third-order valence-electron chi connectivity index (χ3n) is 0.679. The Kier molecular flexibility index (Phi) is 5.68. The highest BCUT2D eigenvalue weighted by Crippen LogP contribution is 1.91. The highest BCUT2D eigenvalue weighted by atomic mass is 33.5. The first-order chi connectivity index (χ1) is 3.72. The molecule has 4 heteroatoms. The van der Waals surface area contributed by atoms with E-state index in [2.05, 4.69) is 13.8 Å². The van der Waals surface area contributed by atoms with Crippen LogP contribution < -0.4 is 0 Å². The van der Waals surface area contributed by atoms with E-state index in [4.69, 9.17) is 22.4 Å². The first kappa shape index (κ1) is 9.14. The van der Waals surface area contributed by atoms with Gasteiger partial charge in [-0.2, -0.15) is 0 Å². The summed E-state index contributed by atoms with van der Waals surface area (Å²) in [6, 6.07) is 0. The molecule has 0 bridgehead atoms. The van der Waals surface area contributed by atoms with Crippen LogP contribution in [0, 0.1) is 0 Å². The summed E-state index contributed by atoms with van der Waals surface area (Å²) >= 11 is 10.2. The molecule has 0 rings (SSSR count). The summed E-state index contributed by atoms with van der Waals surface area (Å²) in [5.41, 5.74) is 0. The fraction of sp³-hybridized carbons (Fsp3) is 1.00.